The zero-order chi connectivity index (χ0) is 21.5. The maximum Gasteiger partial charge on any atom is 0.270 e. The van der Waals surface area contributed by atoms with Gasteiger partial charge in [-0.1, -0.05) is 0 Å². The second-order valence-electron chi connectivity index (χ2n) is 8.04. The molecule has 2 aromatic carbocycles. The number of nitrogens with one attached hydrogen (secondary N) is 1. The summed E-state index contributed by atoms with van der Waals surface area (Å²) < 4.78 is 5.19. The van der Waals surface area contributed by atoms with Gasteiger partial charge in [-0.2, -0.15) is 0 Å². The molecule has 2 aromatic rings. The molecule has 2 amide bonds. The summed E-state index contributed by atoms with van der Waals surface area (Å²) >= 11 is 5.29. The fourth-order valence-corrected chi connectivity index (χ4v) is 4.98. The number of hydrogen-bond acceptors (Lipinski definition) is 5. The number of thiocarbonyl (C=S) groups is 1. The molecule has 0 bridgehead atoms. The van der Waals surface area contributed by atoms with Gasteiger partial charge in [0.2, 0.25) is 0 Å². The van der Waals surface area contributed by atoms with Gasteiger partial charge in [0.25, 0.3) is 11.8 Å². The van der Waals surface area contributed by atoms with Gasteiger partial charge in [0.1, 0.15) is 11.3 Å². The van der Waals surface area contributed by atoms with Crippen LogP contribution in [0.4, 0.5) is 11.4 Å². The lowest BCUT2D eigenvalue weighted by molar-refractivity contribution is -0.122. The second kappa shape index (κ2) is 7.81. The molecule has 7 heteroatoms. The van der Waals surface area contributed by atoms with E-state index in [1.807, 2.05) is 0 Å². The van der Waals surface area contributed by atoms with E-state index in [4.69, 9.17) is 17.0 Å². The Morgan fingerprint density at radius 2 is 1.68 bits per heavy atom. The van der Waals surface area contributed by atoms with Gasteiger partial charge in [-0.3, -0.25) is 19.8 Å². The third-order valence-corrected chi connectivity index (χ3v) is 6.38. The molecule has 0 spiro atoms. The first-order valence-electron chi connectivity index (χ1n) is 10.5. The number of methoxy groups -OCH3 is 1. The molecule has 5 rings (SSSR count). The van der Waals surface area contributed by atoms with Gasteiger partial charge < -0.3 is 9.64 Å². The molecule has 0 radical (unpaired) electrons. The zero-order valence-electron chi connectivity index (χ0n) is 17.3. The van der Waals surface area contributed by atoms with Crippen LogP contribution in [-0.2, 0) is 22.4 Å². The van der Waals surface area contributed by atoms with E-state index in [0.29, 0.717) is 11.4 Å². The standard InChI is InChI=1S/C24H23N3O3S/c1-30-19-8-6-18(7-9-19)27-23(29)20(22(28)25-24(27)31)14-15-12-16-4-2-10-26-11-3-5-17(13-15)21(16)26/h6-9,12-14H,2-5,10-11H2,1H3,(H,25,28,31). The predicted octanol–water partition coefficient (Wildman–Crippen LogP) is 3.23. The van der Waals surface area contributed by atoms with Crippen molar-refractivity contribution in [2.75, 3.05) is 30.0 Å². The van der Waals surface area contributed by atoms with Crippen molar-refractivity contribution in [2.24, 2.45) is 0 Å². The fraction of sp³-hybridized carbons (Fsp3) is 0.292. The summed E-state index contributed by atoms with van der Waals surface area (Å²) in [7, 11) is 1.58. The third-order valence-electron chi connectivity index (χ3n) is 6.10. The predicted molar refractivity (Wildman–Crippen MR) is 124 cm³/mol. The monoisotopic (exact) mass is 433 g/mol. The van der Waals surface area contributed by atoms with Gasteiger partial charge in [-0.05, 0) is 97.1 Å². The van der Waals surface area contributed by atoms with Crippen molar-refractivity contribution in [3.05, 3.63) is 58.7 Å². The molecule has 0 saturated carbocycles. The van der Waals surface area contributed by atoms with Crippen LogP contribution < -0.4 is 19.9 Å². The summed E-state index contributed by atoms with van der Waals surface area (Å²) in [5.74, 6) is -0.212. The van der Waals surface area contributed by atoms with Crippen molar-refractivity contribution < 1.29 is 14.3 Å². The number of ether oxygens (including phenoxy) is 1. The summed E-state index contributed by atoms with van der Waals surface area (Å²) in [6, 6.07) is 11.2. The maximum atomic E-state index is 13.3. The van der Waals surface area contributed by atoms with Crippen LogP contribution in [-0.4, -0.2) is 37.1 Å². The highest BCUT2D eigenvalue weighted by atomic mass is 32.1. The Kier molecular flexibility index (Phi) is 4.98. The Hall–Kier alpha value is -3.19. The van der Waals surface area contributed by atoms with Crippen LogP contribution in [0, 0.1) is 0 Å². The number of carbonyl (C=O) groups is 2. The Morgan fingerprint density at radius 1 is 1.03 bits per heavy atom. The molecular weight excluding hydrogens is 410 g/mol. The molecule has 3 aliphatic rings. The van der Waals surface area contributed by atoms with E-state index in [9.17, 15) is 9.59 Å². The van der Waals surface area contributed by atoms with Crippen LogP contribution in [0.5, 0.6) is 5.75 Å². The van der Waals surface area contributed by atoms with Crippen molar-refractivity contribution in [1.82, 2.24) is 5.32 Å². The molecule has 0 atom stereocenters. The smallest absolute Gasteiger partial charge is 0.270 e. The number of carbonyl (C=O) groups excluding carboxylic acids is 2. The van der Waals surface area contributed by atoms with Gasteiger partial charge in [0.15, 0.2) is 5.11 Å². The van der Waals surface area contributed by atoms with Crippen LogP contribution in [0.1, 0.15) is 29.5 Å². The molecule has 0 aliphatic carbocycles. The highest BCUT2D eigenvalue weighted by molar-refractivity contribution is 7.80. The molecule has 0 unspecified atom stereocenters. The minimum Gasteiger partial charge on any atom is -0.497 e. The molecule has 1 fully saturated rings. The van der Waals surface area contributed by atoms with Crippen molar-refractivity contribution in [3.63, 3.8) is 0 Å². The number of amides is 2. The van der Waals surface area contributed by atoms with Crippen molar-refractivity contribution in [3.8, 4) is 5.75 Å². The van der Waals surface area contributed by atoms with Gasteiger partial charge in [0, 0.05) is 18.8 Å². The lowest BCUT2D eigenvalue weighted by atomic mass is 9.89. The number of benzene rings is 2. The first-order chi connectivity index (χ1) is 15.0. The fourth-order valence-electron chi connectivity index (χ4n) is 4.70. The van der Waals surface area contributed by atoms with Crippen LogP contribution in [0.15, 0.2) is 42.0 Å². The summed E-state index contributed by atoms with van der Waals surface area (Å²) in [6.07, 6.45) is 6.01. The number of nitrogens with zero attached hydrogens (tertiary/aromatic N) is 2. The van der Waals surface area contributed by atoms with Crippen LogP contribution in [0.25, 0.3) is 6.08 Å². The van der Waals surface area contributed by atoms with E-state index in [1.165, 1.54) is 21.7 Å². The average Bonchev–Trinajstić information content (AvgIpc) is 2.77. The second-order valence-corrected chi connectivity index (χ2v) is 8.42. The lowest BCUT2D eigenvalue weighted by Gasteiger charge is -2.37. The Balaban J connectivity index is 1.52. The van der Waals surface area contributed by atoms with Crippen molar-refractivity contribution >= 4 is 46.6 Å². The average molecular weight is 434 g/mol. The largest absolute Gasteiger partial charge is 0.497 e. The van der Waals surface area contributed by atoms with Crippen molar-refractivity contribution in [1.29, 1.82) is 0 Å². The highest BCUT2D eigenvalue weighted by Gasteiger charge is 2.34. The van der Waals surface area contributed by atoms with Gasteiger partial charge in [-0.25, -0.2) is 0 Å². The van der Waals surface area contributed by atoms with Gasteiger partial charge in [-0.15, -0.1) is 0 Å². The first kappa shape index (κ1) is 19.8. The Bertz CT molecular complexity index is 1090. The molecule has 1 N–H and O–H groups in total. The molecule has 3 aliphatic heterocycles. The van der Waals surface area contributed by atoms with E-state index in [-0.39, 0.29) is 10.7 Å². The van der Waals surface area contributed by atoms with E-state index >= 15 is 0 Å². The number of rotatable bonds is 3. The van der Waals surface area contributed by atoms with Gasteiger partial charge >= 0.3 is 0 Å². The Labute approximate surface area is 186 Å². The minimum absolute atomic E-state index is 0.0773. The Morgan fingerprint density at radius 3 is 2.29 bits per heavy atom. The van der Waals surface area contributed by atoms with Gasteiger partial charge in [0.05, 0.1) is 12.8 Å². The molecule has 31 heavy (non-hydrogen) atoms. The highest BCUT2D eigenvalue weighted by Crippen LogP contribution is 2.36. The van der Waals surface area contributed by atoms with E-state index in [2.05, 4.69) is 22.3 Å². The SMILES string of the molecule is COc1ccc(N2C(=O)C(=Cc3cc4c5c(c3)CCCN5CCC4)C(=O)NC2=S)cc1. The molecule has 158 valence electrons. The molecular formula is C24H23N3O3S. The molecule has 3 heterocycles. The van der Waals surface area contributed by atoms with Crippen molar-refractivity contribution in [2.45, 2.75) is 25.7 Å². The quantitative estimate of drug-likeness (QED) is 0.458. The summed E-state index contributed by atoms with van der Waals surface area (Å²) in [5, 5.41) is 2.73. The molecule has 1 saturated heterocycles. The van der Waals surface area contributed by atoms with Crippen LogP contribution >= 0.6 is 12.2 Å². The summed E-state index contributed by atoms with van der Waals surface area (Å²) in [6.45, 7) is 2.21. The number of hydrogen-bond donors (Lipinski definition) is 1. The molecule has 0 aromatic heterocycles. The first-order valence-corrected chi connectivity index (χ1v) is 10.9. The minimum atomic E-state index is -0.465. The lowest BCUT2D eigenvalue weighted by Crippen LogP contribution is -2.54. The normalized spacial score (nSPS) is 19.4. The number of anilines is 2. The third kappa shape index (κ3) is 3.49. The van der Waals surface area contributed by atoms with Crippen LogP contribution in [0.2, 0.25) is 0 Å². The van der Waals surface area contributed by atoms with E-state index < -0.39 is 11.8 Å². The van der Waals surface area contributed by atoms with E-state index in [0.717, 1.165) is 44.3 Å². The molecule has 6 nitrogen and oxygen atoms in total. The van der Waals surface area contributed by atoms with Crippen LogP contribution in [0.3, 0.4) is 0 Å². The zero-order valence-corrected chi connectivity index (χ0v) is 18.1. The maximum absolute atomic E-state index is 13.3. The summed E-state index contributed by atoms with van der Waals surface area (Å²) in [4.78, 5) is 29.8. The number of aryl methyl sites for hydroxylation is 2. The topological polar surface area (TPSA) is 61.9 Å². The summed E-state index contributed by atoms with van der Waals surface area (Å²) in [5.41, 5.74) is 5.53. The van der Waals surface area contributed by atoms with E-state index in [1.54, 1.807) is 37.5 Å².